The van der Waals surface area contributed by atoms with Crippen molar-refractivity contribution in [2.24, 2.45) is 0 Å². The number of benzene rings is 1. The first kappa shape index (κ1) is 12.9. The number of aromatic nitrogens is 1. The van der Waals surface area contributed by atoms with Gasteiger partial charge in [0.05, 0.1) is 12.2 Å². The highest BCUT2D eigenvalue weighted by Crippen LogP contribution is 2.31. The number of halogens is 1. The molecule has 0 saturated heterocycles. The number of hydrogen-bond donors (Lipinski definition) is 1. The van der Waals surface area contributed by atoms with Gasteiger partial charge < -0.3 is 15.0 Å². The van der Waals surface area contributed by atoms with Crippen molar-refractivity contribution in [2.75, 3.05) is 18.9 Å². The van der Waals surface area contributed by atoms with E-state index in [9.17, 15) is 0 Å². The predicted molar refractivity (Wildman–Crippen MR) is 71.6 cm³/mol. The van der Waals surface area contributed by atoms with Gasteiger partial charge in [0.2, 0.25) is 0 Å². The van der Waals surface area contributed by atoms with E-state index in [-0.39, 0.29) is 0 Å². The van der Waals surface area contributed by atoms with Crippen LogP contribution in [-0.4, -0.2) is 18.4 Å². The summed E-state index contributed by atoms with van der Waals surface area (Å²) in [6.45, 7) is 3.21. The van der Waals surface area contributed by atoms with Crippen molar-refractivity contribution in [3.05, 3.63) is 35.0 Å². The van der Waals surface area contributed by atoms with Crippen LogP contribution in [0, 0.1) is 0 Å². The number of hydrogen-bond acceptors (Lipinski definition) is 4. The van der Waals surface area contributed by atoms with Gasteiger partial charge >= 0.3 is 0 Å². The third kappa shape index (κ3) is 2.83. The Morgan fingerprint density at radius 2 is 2.28 bits per heavy atom. The molecule has 0 aliphatic heterocycles. The molecule has 0 aliphatic carbocycles. The lowest BCUT2D eigenvalue weighted by atomic mass is 10.0. The summed E-state index contributed by atoms with van der Waals surface area (Å²) in [5.41, 5.74) is 7.55. The van der Waals surface area contributed by atoms with Crippen molar-refractivity contribution in [3.63, 3.8) is 0 Å². The molecule has 0 atom stereocenters. The highest BCUT2D eigenvalue weighted by Gasteiger charge is 2.15. The van der Waals surface area contributed by atoms with Gasteiger partial charge in [-0.25, -0.2) is 0 Å². The average Bonchev–Trinajstić information content (AvgIpc) is 2.71. The number of rotatable bonds is 5. The van der Waals surface area contributed by atoms with E-state index in [0.29, 0.717) is 30.5 Å². The van der Waals surface area contributed by atoms with E-state index in [2.05, 4.69) is 5.16 Å². The Kier molecular flexibility index (Phi) is 4.23. The Balaban J connectivity index is 2.29. The van der Waals surface area contributed by atoms with Crippen LogP contribution in [0.4, 0.5) is 5.82 Å². The smallest absolute Gasteiger partial charge is 0.175 e. The molecule has 2 N–H and O–H groups in total. The maximum Gasteiger partial charge on any atom is 0.175 e. The van der Waals surface area contributed by atoms with Crippen LogP contribution in [0.5, 0.6) is 0 Å². The van der Waals surface area contributed by atoms with Crippen LogP contribution in [0.1, 0.15) is 12.7 Å². The summed E-state index contributed by atoms with van der Waals surface area (Å²) in [5.74, 6) is 1.10. The van der Waals surface area contributed by atoms with Crippen molar-refractivity contribution in [3.8, 4) is 11.1 Å². The quantitative estimate of drug-likeness (QED) is 0.845. The SMILES string of the molecule is CCOCCc1onc(N)c1-c1cccc(Cl)c1. The molecule has 0 spiro atoms. The van der Waals surface area contributed by atoms with Crippen LogP contribution in [0.3, 0.4) is 0 Å². The molecule has 0 bridgehead atoms. The fourth-order valence-electron chi connectivity index (χ4n) is 1.77. The fraction of sp³-hybridized carbons (Fsp3) is 0.308. The van der Waals surface area contributed by atoms with Crippen LogP contribution in [0.2, 0.25) is 5.02 Å². The van der Waals surface area contributed by atoms with E-state index in [4.69, 9.17) is 26.6 Å². The molecule has 0 radical (unpaired) electrons. The minimum atomic E-state index is 0.378. The standard InChI is InChI=1S/C13H15ClN2O2/c1-2-17-7-6-11-12(13(15)16-18-11)9-4-3-5-10(14)8-9/h3-5,8H,2,6-7H2,1H3,(H2,15,16). The van der Waals surface area contributed by atoms with E-state index in [1.807, 2.05) is 31.2 Å². The average molecular weight is 267 g/mol. The molecule has 0 unspecified atom stereocenters. The van der Waals surface area contributed by atoms with Gasteiger partial charge in [-0.15, -0.1) is 0 Å². The largest absolute Gasteiger partial charge is 0.381 e. The van der Waals surface area contributed by atoms with Gasteiger partial charge in [0.1, 0.15) is 5.76 Å². The summed E-state index contributed by atoms with van der Waals surface area (Å²) < 4.78 is 10.5. The van der Waals surface area contributed by atoms with Gasteiger partial charge in [-0.3, -0.25) is 0 Å². The van der Waals surface area contributed by atoms with Crippen molar-refractivity contribution in [1.82, 2.24) is 5.16 Å². The zero-order valence-corrected chi connectivity index (χ0v) is 10.9. The first-order chi connectivity index (χ1) is 8.72. The van der Waals surface area contributed by atoms with Crippen molar-refractivity contribution in [2.45, 2.75) is 13.3 Å². The van der Waals surface area contributed by atoms with E-state index < -0.39 is 0 Å². The van der Waals surface area contributed by atoms with E-state index in [1.165, 1.54) is 0 Å². The summed E-state index contributed by atoms with van der Waals surface area (Å²) in [4.78, 5) is 0. The van der Waals surface area contributed by atoms with E-state index >= 15 is 0 Å². The monoisotopic (exact) mass is 266 g/mol. The number of nitrogens with two attached hydrogens (primary N) is 1. The van der Waals surface area contributed by atoms with Gasteiger partial charge in [-0.05, 0) is 24.6 Å². The third-order valence-corrected chi connectivity index (χ3v) is 2.82. The molecular formula is C13H15ClN2O2. The molecule has 1 heterocycles. The molecule has 2 rings (SSSR count). The van der Waals surface area contributed by atoms with Gasteiger partial charge in [0, 0.05) is 18.1 Å². The minimum Gasteiger partial charge on any atom is -0.381 e. The lowest BCUT2D eigenvalue weighted by Crippen LogP contribution is -1.98. The second-order valence-electron chi connectivity index (χ2n) is 3.82. The molecule has 1 aromatic carbocycles. The lowest BCUT2D eigenvalue weighted by molar-refractivity contribution is 0.145. The Labute approximate surface area is 111 Å². The molecule has 1 aromatic heterocycles. The van der Waals surface area contributed by atoms with Crippen LogP contribution in [0.25, 0.3) is 11.1 Å². The second kappa shape index (κ2) is 5.89. The zero-order chi connectivity index (χ0) is 13.0. The predicted octanol–water partition coefficient (Wildman–Crippen LogP) is 3.16. The molecule has 2 aromatic rings. The Bertz CT molecular complexity index is 525. The molecule has 0 aliphatic rings. The van der Waals surface area contributed by atoms with Gasteiger partial charge in [-0.1, -0.05) is 28.9 Å². The van der Waals surface area contributed by atoms with Gasteiger partial charge in [0.25, 0.3) is 0 Å². The maximum absolute atomic E-state index is 5.98. The van der Waals surface area contributed by atoms with Gasteiger partial charge in [-0.2, -0.15) is 0 Å². The van der Waals surface area contributed by atoms with Crippen LogP contribution >= 0.6 is 11.6 Å². The van der Waals surface area contributed by atoms with Crippen LogP contribution < -0.4 is 5.73 Å². The highest BCUT2D eigenvalue weighted by atomic mass is 35.5. The normalized spacial score (nSPS) is 10.8. The number of nitrogens with zero attached hydrogens (tertiary/aromatic N) is 1. The summed E-state index contributed by atoms with van der Waals surface area (Å²) in [6, 6.07) is 7.46. The van der Waals surface area contributed by atoms with Crippen molar-refractivity contribution in [1.29, 1.82) is 0 Å². The van der Waals surface area contributed by atoms with E-state index in [1.54, 1.807) is 0 Å². The summed E-state index contributed by atoms with van der Waals surface area (Å²) in [6.07, 6.45) is 0.639. The van der Waals surface area contributed by atoms with E-state index in [0.717, 1.165) is 16.9 Å². The first-order valence-electron chi connectivity index (χ1n) is 5.80. The topological polar surface area (TPSA) is 61.3 Å². The number of ether oxygens (including phenoxy) is 1. The zero-order valence-electron chi connectivity index (χ0n) is 10.1. The lowest BCUT2D eigenvalue weighted by Gasteiger charge is -2.03. The van der Waals surface area contributed by atoms with Crippen molar-refractivity contribution >= 4 is 17.4 Å². The molecular weight excluding hydrogens is 252 g/mol. The molecule has 0 fully saturated rings. The first-order valence-corrected chi connectivity index (χ1v) is 6.18. The van der Waals surface area contributed by atoms with Crippen LogP contribution in [0.15, 0.2) is 28.8 Å². The maximum atomic E-state index is 5.98. The molecule has 0 amide bonds. The highest BCUT2D eigenvalue weighted by molar-refractivity contribution is 6.30. The number of nitrogen functional groups attached to an aromatic ring is 1. The summed E-state index contributed by atoms with van der Waals surface area (Å²) >= 11 is 5.98. The van der Waals surface area contributed by atoms with Gasteiger partial charge in [0.15, 0.2) is 5.82 Å². The molecule has 0 saturated carbocycles. The second-order valence-corrected chi connectivity index (χ2v) is 4.26. The van der Waals surface area contributed by atoms with Crippen LogP contribution in [-0.2, 0) is 11.2 Å². The summed E-state index contributed by atoms with van der Waals surface area (Å²) in [7, 11) is 0. The Morgan fingerprint density at radius 3 is 3.00 bits per heavy atom. The molecule has 5 heteroatoms. The molecule has 4 nitrogen and oxygen atoms in total. The third-order valence-electron chi connectivity index (χ3n) is 2.58. The Hall–Kier alpha value is -1.52. The summed E-state index contributed by atoms with van der Waals surface area (Å²) in [5, 5.41) is 4.46. The fourth-order valence-corrected chi connectivity index (χ4v) is 1.96. The molecule has 96 valence electrons. The minimum absolute atomic E-state index is 0.378. The van der Waals surface area contributed by atoms with Crippen molar-refractivity contribution < 1.29 is 9.26 Å². The number of anilines is 1. The Morgan fingerprint density at radius 1 is 1.44 bits per heavy atom. The molecule has 18 heavy (non-hydrogen) atoms.